The van der Waals surface area contributed by atoms with Crippen molar-refractivity contribution in [3.05, 3.63) is 64.1 Å². The zero-order valence-electron chi connectivity index (χ0n) is 19.3. The number of ether oxygens (including phenoxy) is 2. The van der Waals surface area contributed by atoms with Crippen molar-refractivity contribution in [1.82, 2.24) is 9.55 Å². The fourth-order valence-electron chi connectivity index (χ4n) is 4.15. The van der Waals surface area contributed by atoms with Gasteiger partial charge in [0.1, 0.15) is 41.8 Å². The first kappa shape index (κ1) is 26.3. The van der Waals surface area contributed by atoms with Gasteiger partial charge in [-0.2, -0.15) is 31.6 Å². The molecule has 2 aromatic heterocycles. The predicted octanol–water partition coefficient (Wildman–Crippen LogP) is 4.43. The monoisotopic (exact) mass is 526 g/mol. The van der Waals surface area contributed by atoms with Gasteiger partial charge >= 0.3 is 12.4 Å². The minimum Gasteiger partial charge on any atom is -0.488 e. The van der Waals surface area contributed by atoms with E-state index in [0.29, 0.717) is 16.7 Å². The number of pyridine rings is 2. The van der Waals surface area contributed by atoms with E-state index in [1.54, 1.807) is 11.0 Å². The second kappa shape index (κ2) is 9.93. The lowest BCUT2D eigenvalue weighted by Crippen LogP contribution is -2.51. The number of fused-ring (bicyclic) bond motifs is 1. The van der Waals surface area contributed by atoms with Crippen LogP contribution in [0.2, 0.25) is 0 Å². The van der Waals surface area contributed by atoms with Crippen LogP contribution in [0.1, 0.15) is 17.7 Å². The third kappa shape index (κ3) is 5.96. The first-order chi connectivity index (χ1) is 17.4. The zero-order chi connectivity index (χ0) is 27.0. The molecule has 0 spiro atoms. The Hall–Kier alpha value is -3.79. The van der Waals surface area contributed by atoms with E-state index in [4.69, 9.17) is 9.47 Å². The number of nitrogens with zero attached hydrogens (tertiary/aromatic N) is 4. The molecule has 1 aliphatic rings. The maximum absolute atomic E-state index is 13.1. The molecule has 196 valence electrons. The Morgan fingerprint density at radius 3 is 2.54 bits per heavy atom. The quantitative estimate of drug-likeness (QED) is 0.458. The predicted molar refractivity (Wildman–Crippen MR) is 120 cm³/mol. The number of anilines is 1. The summed E-state index contributed by atoms with van der Waals surface area (Å²) < 4.78 is 90.3. The highest BCUT2D eigenvalue weighted by Crippen LogP contribution is 2.33. The highest BCUT2D eigenvalue weighted by atomic mass is 19.4. The molecule has 37 heavy (non-hydrogen) atoms. The second-order valence-electron chi connectivity index (χ2n) is 8.48. The maximum atomic E-state index is 13.1. The van der Waals surface area contributed by atoms with Crippen LogP contribution in [-0.2, 0) is 18.0 Å². The molecule has 1 aliphatic heterocycles. The zero-order valence-corrected chi connectivity index (χ0v) is 19.3. The Morgan fingerprint density at radius 1 is 1.11 bits per heavy atom. The summed E-state index contributed by atoms with van der Waals surface area (Å²) in [4.78, 5) is 18.4. The van der Waals surface area contributed by atoms with Crippen LogP contribution in [0.5, 0.6) is 5.75 Å². The van der Waals surface area contributed by atoms with Gasteiger partial charge in [-0.3, -0.25) is 4.79 Å². The van der Waals surface area contributed by atoms with Crippen molar-refractivity contribution in [3.8, 4) is 11.8 Å². The topological polar surface area (TPSA) is 80.4 Å². The number of aromatic nitrogens is 2. The average Bonchev–Trinajstić information content (AvgIpc) is 2.84. The first-order valence-corrected chi connectivity index (χ1v) is 11.0. The molecule has 0 N–H and O–H groups in total. The van der Waals surface area contributed by atoms with E-state index in [9.17, 15) is 36.4 Å². The van der Waals surface area contributed by atoms with Gasteiger partial charge in [0.2, 0.25) is 0 Å². The van der Waals surface area contributed by atoms with Crippen molar-refractivity contribution in [2.75, 3.05) is 24.6 Å². The number of benzene rings is 1. The number of aryl methyl sites for hydroxylation is 1. The minimum atomic E-state index is -4.65. The summed E-state index contributed by atoms with van der Waals surface area (Å²) in [6, 6.07) is 10.2. The molecule has 1 saturated heterocycles. The van der Waals surface area contributed by atoms with Gasteiger partial charge in [-0.25, -0.2) is 4.98 Å². The normalized spacial score (nSPS) is 18.6. The van der Waals surface area contributed by atoms with Crippen LogP contribution in [0.3, 0.4) is 0 Å². The van der Waals surface area contributed by atoms with Crippen LogP contribution in [0.4, 0.5) is 32.0 Å². The number of rotatable bonds is 5. The Balaban J connectivity index is 1.66. The average molecular weight is 526 g/mol. The molecule has 4 rings (SSSR count). The Kier molecular flexibility index (Phi) is 7.05. The molecule has 13 heteroatoms. The van der Waals surface area contributed by atoms with Crippen molar-refractivity contribution in [1.29, 1.82) is 5.26 Å². The SMILES string of the molecule is Cn1c(=O)cc(N2CC[C@H](Oc3cccc(C(F)(F)F)c3)[C@H](OCC(F)(F)F)C2)c2nc(C#N)ccc21. The number of piperidine rings is 1. The fourth-order valence-corrected chi connectivity index (χ4v) is 4.15. The molecule has 0 amide bonds. The van der Waals surface area contributed by atoms with Crippen LogP contribution in [0.25, 0.3) is 11.0 Å². The smallest absolute Gasteiger partial charge is 0.416 e. The Labute approximate surface area is 206 Å². The second-order valence-corrected chi connectivity index (χ2v) is 8.48. The summed E-state index contributed by atoms with van der Waals surface area (Å²) in [5.74, 6) is -0.159. The molecule has 0 unspecified atom stereocenters. The van der Waals surface area contributed by atoms with Gasteiger partial charge in [0, 0.05) is 32.6 Å². The summed E-state index contributed by atoms with van der Waals surface area (Å²) in [7, 11) is 1.52. The lowest BCUT2D eigenvalue weighted by Gasteiger charge is -2.39. The van der Waals surface area contributed by atoms with Gasteiger partial charge in [0.05, 0.1) is 16.8 Å². The molecule has 0 aliphatic carbocycles. The Bertz CT molecular complexity index is 1400. The largest absolute Gasteiger partial charge is 0.488 e. The van der Waals surface area contributed by atoms with Gasteiger partial charge in [-0.1, -0.05) is 6.07 Å². The lowest BCUT2D eigenvalue weighted by molar-refractivity contribution is -0.193. The fraction of sp³-hybridized carbons (Fsp3) is 0.375. The van der Waals surface area contributed by atoms with Crippen LogP contribution < -0.4 is 15.2 Å². The summed E-state index contributed by atoms with van der Waals surface area (Å²) in [5, 5.41) is 9.25. The third-order valence-electron chi connectivity index (χ3n) is 5.93. The van der Waals surface area contributed by atoms with Crippen LogP contribution in [-0.4, -0.2) is 47.6 Å². The van der Waals surface area contributed by atoms with E-state index >= 15 is 0 Å². The number of alkyl halides is 6. The van der Waals surface area contributed by atoms with E-state index in [0.717, 1.165) is 18.2 Å². The highest BCUT2D eigenvalue weighted by Gasteiger charge is 2.37. The van der Waals surface area contributed by atoms with Crippen LogP contribution >= 0.6 is 0 Å². The van der Waals surface area contributed by atoms with Gasteiger partial charge in [0.25, 0.3) is 5.56 Å². The summed E-state index contributed by atoms with van der Waals surface area (Å²) in [6.07, 6.45) is -11.4. The third-order valence-corrected chi connectivity index (χ3v) is 5.93. The summed E-state index contributed by atoms with van der Waals surface area (Å²) >= 11 is 0. The molecular weight excluding hydrogens is 506 g/mol. The first-order valence-electron chi connectivity index (χ1n) is 11.0. The highest BCUT2D eigenvalue weighted by molar-refractivity contribution is 5.88. The van der Waals surface area contributed by atoms with Gasteiger partial charge < -0.3 is 18.9 Å². The molecule has 1 fully saturated rings. The minimum absolute atomic E-state index is 0.0768. The van der Waals surface area contributed by atoms with Crippen LogP contribution in [0.15, 0.2) is 47.3 Å². The summed E-state index contributed by atoms with van der Waals surface area (Å²) in [5.41, 5.74) is -0.261. The molecule has 0 radical (unpaired) electrons. The van der Waals surface area contributed by atoms with Crippen molar-refractivity contribution < 1.29 is 35.8 Å². The Morgan fingerprint density at radius 2 is 1.86 bits per heavy atom. The number of halogens is 6. The molecule has 3 aromatic rings. The molecule has 3 heterocycles. The van der Waals surface area contributed by atoms with E-state index < -0.39 is 42.3 Å². The molecule has 7 nitrogen and oxygen atoms in total. The van der Waals surface area contributed by atoms with Gasteiger partial charge in [0.15, 0.2) is 0 Å². The number of nitriles is 1. The number of hydrogen-bond donors (Lipinski definition) is 0. The molecule has 2 atom stereocenters. The van der Waals surface area contributed by atoms with Crippen molar-refractivity contribution in [2.24, 2.45) is 7.05 Å². The number of hydrogen-bond acceptors (Lipinski definition) is 6. The molecule has 0 bridgehead atoms. The van der Waals surface area contributed by atoms with Gasteiger partial charge in [-0.05, 0) is 30.3 Å². The lowest BCUT2D eigenvalue weighted by atomic mass is 10.0. The van der Waals surface area contributed by atoms with E-state index in [1.165, 1.54) is 29.8 Å². The van der Waals surface area contributed by atoms with Crippen molar-refractivity contribution in [3.63, 3.8) is 0 Å². The molecular formula is C24H20F6N4O3. The molecule has 0 saturated carbocycles. The van der Waals surface area contributed by atoms with Crippen molar-refractivity contribution >= 4 is 16.7 Å². The van der Waals surface area contributed by atoms with Crippen LogP contribution in [0, 0.1) is 11.3 Å². The van der Waals surface area contributed by atoms with Gasteiger partial charge in [-0.15, -0.1) is 0 Å². The summed E-state index contributed by atoms with van der Waals surface area (Å²) in [6.45, 7) is -1.58. The maximum Gasteiger partial charge on any atom is 0.416 e. The van der Waals surface area contributed by atoms with E-state index in [-0.39, 0.29) is 31.0 Å². The van der Waals surface area contributed by atoms with E-state index in [2.05, 4.69) is 4.98 Å². The van der Waals surface area contributed by atoms with Crippen molar-refractivity contribution in [2.45, 2.75) is 31.0 Å². The standard InChI is InChI=1S/C24H20F6N4O3/c1-33-17-6-5-15(11-31)32-22(17)18(10-21(33)35)34-8-7-19(20(12-34)36-13-23(25,26)27)37-16-4-2-3-14(9-16)24(28,29)30/h2-6,9-10,19-20H,7-8,12-13H2,1H3/t19-,20+/m0/s1. The molecule has 1 aromatic carbocycles. The van der Waals surface area contributed by atoms with E-state index in [1.807, 2.05) is 6.07 Å².